The van der Waals surface area contributed by atoms with Crippen LogP contribution in [-0.2, 0) is 6.54 Å². The molecular weight excluding hydrogens is 238 g/mol. The number of likely N-dealkylation sites (tertiary alicyclic amines) is 1. The fourth-order valence-electron chi connectivity index (χ4n) is 2.95. The molecule has 1 fully saturated rings. The lowest BCUT2D eigenvalue weighted by Crippen LogP contribution is -2.35. The molecule has 102 valence electrons. The van der Waals surface area contributed by atoms with E-state index in [0.717, 1.165) is 43.4 Å². The van der Waals surface area contributed by atoms with Crippen LogP contribution in [0, 0.1) is 5.92 Å². The molecular formula is C14H21N5. The molecule has 5 heteroatoms. The zero-order valence-electron chi connectivity index (χ0n) is 11.2. The van der Waals surface area contributed by atoms with Gasteiger partial charge in [0.05, 0.1) is 5.69 Å². The number of nitrogens with two attached hydrogens (primary N) is 1. The van der Waals surface area contributed by atoms with E-state index in [9.17, 15) is 0 Å². The van der Waals surface area contributed by atoms with Crippen molar-refractivity contribution >= 4 is 5.78 Å². The number of imidazole rings is 1. The highest BCUT2D eigenvalue weighted by molar-refractivity contribution is 5.29. The summed E-state index contributed by atoms with van der Waals surface area (Å²) in [6.45, 7) is 4.04. The monoisotopic (exact) mass is 259 g/mol. The van der Waals surface area contributed by atoms with E-state index < -0.39 is 0 Å². The van der Waals surface area contributed by atoms with Crippen molar-refractivity contribution in [1.29, 1.82) is 0 Å². The minimum atomic E-state index is 0.758. The Balaban J connectivity index is 1.67. The van der Waals surface area contributed by atoms with Crippen molar-refractivity contribution in [1.82, 2.24) is 19.3 Å². The molecule has 1 saturated heterocycles. The van der Waals surface area contributed by atoms with Gasteiger partial charge in [0.25, 0.3) is 0 Å². The SMILES string of the molecule is NCCC1CCCN(Cc2cn3cccnc3n2)C1. The predicted octanol–water partition coefficient (Wildman–Crippen LogP) is 1.29. The molecule has 2 aromatic heterocycles. The van der Waals surface area contributed by atoms with Crippen LogP contribution >= 0.6 is 0 Å². The van der Waals surface area contributed by atoms with Crippen LogP contribution in [0.25, 0.3) is 5.78 Å². The highest BCUT2D eigenvalue weighted by Gasteiger charge is 2.20. The first kappa shape index (κ1) is 12.6. The van der Waals surface area contributed by atoms with E-state index in [2.05, 4.69) is 21.1 Å². The van der Waals surface area contributed by atoms with E-state index >= 15 is 0 Å². The first-order chi connectivity index (χ1) is 9.35. The van der Waals surface area contributed by atoms with Crippen LogP contribution < -0.4 is 5.73 Å². The maximum atomic E-state index is 5.67. The van der Waals surface area contributed by atoms with Gasteiger partial charge in [-0.05, 0) is 44.3 Å². The third-order valence-corrected chi connectivity index (χ3v) is 3.85. The van der Waals surface area contributed by atoms with Crippen LogP contribution in [-0.4, -0.2) is 38.9 Å². The van der Waals surface area contributed by atoms with E-state index in [1.807, 2.05) is 16.7 Å². The van der Waals surface area contributed by atoms with Gasteiger partial charge in [0.15, 0.2) is 0 Å². The summed E-state index contributed by atoms with van der Waals surface area (Å²) in [5, 5.41) is 0. The van der Waals surface area contributed by atoms with Gasteiger partial charge in [-0.25, -0.2) is 9.97 Å². The third kappa shape index (κ3) is 2.93. The number of hydrogen-bond acceptors (Lipinski definition) is 4. The Labute approximate surface area is 113 Å². The van der Waals surface area contributed by atoms with Crippen LogP contribution in [0.5, 0.6) is 0 Å². The molecule has 0 amide bonds. The van der Waals surface area contributed by atoms with Crippen molar-refractivity contribution in [2.45, 2.75) is 25.8 Å². The molecule has 2 N–H and O–H groups in total. The summed E-state index contributed by atoms with van der Waals surface area (Å²) >= 11 is 0. The molecule has 5 nitrogen and oxygen atoms in total. The summed E-state index contributed by atoms with van der Waals surface area (Å²) in [7, 11) is 0. The van der Waals surface area contributed by atoms with E-state index in [0.29, 0.717) is 0 Å². The second kappa shape index (κ2) is 5.67. The number of fused-ring (bicyclic) bond motifs is 1. The minimum absolute atomic E-state index is 0.758. The molecule has 0 spiro atoms. The topological polar surface area (TPSA) is 59.5 Å². The fraction of sp³-hybridized carbons (Fsp3) is 0.571. The van der Waals surface area contributed by atoms with Crippen molar-refractivity contribution in [3.63, 3.8) is 0 Å². The first-order valence-electron chi connectivity index (χ1n) is 7.06. The molecule has 3 rings (SSSR count). The van der Waals surface area contributed by atoms with Crippen molar-refractivity contribution in [2.75, 3.05) is 19.6 Å². The summed E-state index contributed by atoms with van der Waals surface area (Å²) in [6, 6.07) is 1.93. The van der Waals surface area contributed by atoms with E-state index in [-0.39, 0.29) is 0 Å². The van der Waals surface area contributed by atoms with Gasteiger partial charge < -0.3 is 5.73 Å². The molecule has 1 aliphatic rings. The molecule has 0 radical (unpaired) electrons. The van der Waals surface area contributed by atoms with Gasteiger partial charge in [-0.15, -0.1) is 0 Å². The van der Waals surface area contributed by atoms with Crippen molar-refractivity contribution in [3.8, 4) is 0 Å². The van der Waals surface area contributed by atoms with Crippen LogP contribution in [0.1, 0.15) is 25.0 Å². The number of aromatic nitrogens is 3. The Hall–Kier alpha value is -1.46. The number of nitrogens with zero attached hydrogens (tertiary/aromatic N) is 4. The highest BCUT2D eigenvalue weighted by atomic mass is 15.2. The third-order valence-electron chi connectivity index (χ3n) is 3.85. The summed E-state index contributed by atoms with van der Waals surface area (Å²) in [4.78, 5) is 11.3. The highest BCUT2D eigenvalue weighted by Crippen LogP contribution is 2.20. The number of hydrogen-bond donors (Lipinski definition) is 1. The second-order valence-electron chi connectivity index (χ2n) is 5.38. The molecule has 0 aromatic carbocycles. The average molecular weight is 259 g/mol. The molecule has 0 bridgehead atoms. The normalized spacial score (nSPS) is 21.0. The number of piperidine rings is 1. The maximum absolute atomic E-state index is 5.67. The van der Waals surface area contributed by atoms with Crippen molar-refractivity contribution < 1.29 is 0 Å². The molecule has 1 aliphatic heterocycles. The zero-order valence-corrected chi connectivity index (χ0v) is 11.2. The van der Waals surface area contributed by atoms with Gasteiger partial charge >= 0.3 is 0 Å². The lowest BCUT2D eigenvalue weighted by molar-refractivity contribution is 0.161. The molecule has 0 aliphatic carbocycles. The van der Waals surface area contributed by atoms with E-state index in [1.165, 1.54) is 19.4 Å². The van der Waals surface area contributed by atoms with Gasteiger partial charge in [0.2, 0.25) is 5.78 Å². The lowest BCUT2D eigenvalue weighted by Gasteiger charge is -2.32. The van der Waals surface area contributed by atoms with Crippen LogP contribution in [0.15, 0.2) is 24.7 Å². The molecule has 1 unspecified atom stereocenters. The maximum Gasteiger partial charge on any atom is 0.233 e. The summed E-state index contributed by atoms with van der Waals surface area (Å²) in [5.41, 5.74) is 6.77. The molecule has 0 saturated carbocycles. The van der Waals surface area contributed by atoms with Crippen LogP contribution in [0.2, 0.25) is 0 Å². The Morgan fingerprint density at radius 1 is 1.42 bits per heavy atom. The minimum Gasteiger partial charge on any atom is -0.330 e. The smallest absolute Gasteiger partial charge is 0.233 e. The van der Waals surface area contributed by atoms with E-state index in [4.69, 9.17) is 5.73 Å². The fourth-order valence-corrected chi connectivity index (χ4v) is 2.95. The summed E-state index contributed by atoms with van der Waals surface area (Å²) in [6.07, 6.45) is 9.59. The van der Waals surface area contributed by atoms with E-state index in [1.54, 1.807) is 6.20 Å². The van der Waals surface area contributed by atoms with Crippen molar-refractivity contribution in [3.05, 3.63) is 30.4 Å². The standard InChI is InChI=1S/C14H21N5/c15-5-4-12-3-1-7-18(9-12)10-13-11-19-8-2-6-16-14(19)17-13/h2,6,8,11-12H,1,3-5,7,9-10,15H2. The van der Waals surface area contributed by atoms with Gasteiger partial charge in [0.1, 0.15) is 0 Å². The largest absolute Gasteiger partial charge is 0.330 e. The Kier molecular flexibility index (Phi) is 3.75. The Morgan fingerprint density at radius 2 is 2.37 bits per heavy atom. The average Bonchev–Trinajstić information content (AvgIpc) is 2.81. The summed E-state index contributed by atoms with van der Waals surface area (Å²) < 4.78 is 1.98. The molecule has 19 heavy (non-hydrogen) atoms. The lowest BCUT2D eigenvalue weighted by atomic mass is 9.95. The molecule has 1 atom stereocenters. The quantitative estimate of drug-likeness (QED) is 0.899. The predicted molar refractivity (Wildman–Crippen MR) is 74.7 cm³/mol. The van der Waals surface area contributed by atoms with Crippen LogP contribution in [0.3, 0.4) is 0 Å². The van der Waals surface area contributed by atoms with Crippen LogP contribution in [0.4, 0.5) is 0 Å². The Bertz CT molecular complexity index is 500. The Morgan fingerprint density at radius 3 is 3.21 bits per heavy atom. The first-order valence-corrected chi connectivity index (χ1v) is 7.06. The number of rotatable bonds is 4. The molecule has 2 aromatic rings. The summed E-state index contributed by atoms with van der Waals surface area (Å²) in [5.74, 6) is 1.54. The van der Waals surface area contributed by atoms with Crippen molar-refractivity contribution in [2.24, 2.45) is 11.7 Å². The molecule has 3 heterocycles. The van der Waals surface area contributed by atoms with Gasteiger partial charge in [-0.2, -0.15) is 0 Å². The van der Waals surface area contributed by atoms with Gasteiger partial charge in [0, 0.05) is 31.7 Å². The second-order valence-corrected chi connectivity index (χ2v) is 5.38. The van der Waals surface area contributed by atoms with Gasteiger partial charge in [-0.1, -0.05) is 0 Å². The zero-order chi connectivity index (χ0) is 13.1. The van der Waals surface area contributed by atoms with Gasteiger partial charge in [-0.3, -0.25) is 9.30 Å².